The van der Waals surface area contributed by atoms with Crippen LogP contribution in [0.25, 0.3) is 22.5 Å². The number of halogens is 2. The van der Waals surface area contributed by atoms with E-state index in [-0.39, 0.29) is 17.4 Å². The van der Waals surface area contributed by atoms with E-state index < -0.39 is 0 Å². The van der Waals surface area contributed by atoms with Crippen molar-refractivity contribution < 1.29 is 13.9 Å². The van der Waals surface area contributed by atoms with Crippen LogP contribution in [0.4, 0.5) is 4.39 Å². The highest BCUT2D eigenvalue weighted by Crippen LogP contribution is 2.41. The molecule has 0 bridgehead atoms. The fourth-order valence-electron chi connectivity index (χ4n) is 6.65. The van der Waals surface area contributed by atoms with Gasteiger partial charge in [0.15, 0.2) is 16.3 Å². The molecule has 1 aliphatic carbocycles. The number of nitrogens with zero attached hydrogens (tertiary/aromatic N) is 2. The Kier molecular flexibility index (Phi) is 7.62. The maximum atomic E-state index is 14.2. The molecule has 8 rings (SSSR count). The van der Waals surface area contributed by atoms with Gasteiger partial charge in [0, 0.05) is 5.56 Å². The molecule has 1 unspecified atom stereocenters. The normalized spacial score (nSPS) is 15.6. The van der Waals surface area contributed by atoms with Crippen molar-refractivity contribution in [2.75, 3.05) is 7.11 Å². The van der Waals surface area contributed by atoms with Gasteiger partial charge in [-0.25, -0.2) is 9.38 Å². The molecular formula is C39H28BrFN2O3S. The topological polar surface area (TPSA) is 52.8 Å². The van der Waals surface area contributed by atoms with Gasteiger partial charge in [0.2, 0.25) is 0 Å². The average Bonchev–Trinajstić information content (AvgIpc) is 3.40. The first-order chi connectivity index (χ1) is 23.0. The molecule has 5 aromatic carbocycles. The standard InChI is InChI=1S/C39H28BrFN2O3S/c1-45-33-20-23(19-32(40)37(33)46-22-27-10-6-9-24-7-2-4-11-29(24)27)21-34-38(44)43-36(26-13-16-28(41)17-14-26)31-18-15-25-8-3-5-12-30(25)35(31)42-39(43)47-34/h2-14,16-17,19-21,36H,15,18,22H2,1H3/b34-21-. The molecule has 2 heterocycles. The summed E-state index contributed by atoms with van der Waals surface area (Å²) in [6.45, 7) is 0.367. The number of hydrogen-bond acceptors (Lipinski definition) is 5. The largest absolute Gasteiger partial charge is 0.493 e. The number of aryl methyl sites for hydroxylation is 1. The van der Waals surface area contributed by atoms with E-state index in [1.165, 1.54) is 29.0 Å². The van der Waals surface area contributed by atoms with E-state index in [0.717, 1.165) is 57.1 Å². The van der Waals surface area contributed by atoms with E-state index >= 15 is 0 Å². The summed E-state index contributed by atoms with van der Waals surface area (Å²) < 4.78 is 29.1. The van der Waals surface area contributed by atoms with Crippen molar-refractivity contribution in [1.82, 2.24) is 4.57 Å². The van der Waals surface area contributed by atoms with Gasteiger partial charge in [-0.15, -0.1) is 0 Å². The Morgan fingerprint density at radius 1 is 0.979 bits per heavy atom. The number of fused-ring (bicyclic) bond motifs is 4. The van der Waals surface area contributed by atoms with Gasteiger partial charge in [0.05, 0.1) is 27.9 Å². The van der Waals surface area contributed by atoms with E-state index in [4.69, 9.17) is 14.5 Å². The number of methoxy groups -OCH3 is 1. The molecule has 0 fully saturated rings. The maximum absolute atomic E-state index is 14.2. The summed E-state index contributed by atoms with van der Waals surface area (Å²) in [5.74, 6) is 0.824. The van der Waals surface area contributed by atoms with E-state index in [1.807, 2.05) is 48.5 Å². The summed E-state index contributed by atoms with van der Waals surface area (Å²) >= 11 is 5.05. The lowest BCUT2D eigenvalue weighted by atomic mass is 9.83. The smallest absolute Gasteiger partial charge is 0.271 e. The van der Waals surface area contributed by atoms with Crippen molar-refractivity contribution in [2.24, 2.45) is 4.99 Å². The fraction of sp³-hybridized carbons (Fsp3) is 0.128. The highest BCUT2D eigenvalue weighted by molar-refractivity contribution is 9.10. The Bertz CT molecular complexity index is 2410. The van der Waals surface area contributed by atoms with Gasteiger partial charge < -0.3 is 9.47 Å². The van der Waals surface area contributed by atoms with Crippen LogP contribution in [0.5, 0.6) is 11.5 Å². The van der Waals surface area contributed by atoms with Crippen molar-refractivity contribution in [3.63, 3.8) is 0 Å². The first-order valence-electron chi connectivity index (χ1n) is 15.3. The van der Waals surface area contributed by atoms with Gasteiger partial charge >= 0.3 is 0 Å². The van der Waals surface area contributed by atoms with Crippen LogP contribution in [0.15, 0.2) is 123 Å². The number of thiazole rings is 1. The third-order valence-corrected chi connectivity index (χ3v) is 10.4. The van der Waals surface area contributed by atoms with Crippen molar-refractivity contribution in [3.8, 4) is 11.5 Å². The molecule has 1 atom stereocenters. The molecule has 5 nitrogen and oxygen atoms in total. The summed E-state index contributed by atoms with van der Waals surface area (Å²) in [5.41, 5.74) is 6.89. The number of benzene rings is 5. The van der Waals surface area contributed by atoms with Gasteiger partial charge in [0.25, 0.3) is 5.56 Å². The highest BCUT2D eigenvalue weighted by atomic mass is 79.9. The first-order valence-corrected chi connectivity index (χ1v) is 16.9. The number of allylic oxidation sites excluding steroid dienone is 1. The number of rotatable bonds is 6. The van der Waals surface area contributed by atoms with Gasteiger partial charge in [0.1, 0.15) is 12.4 Å². The maximum Gasteiger partial charge on any atom is 0.271 e. The lowest BCUT2D eigenvalue weighted by Gasteiger charge is -2.30. The monoisotopic (exact) mass is 702 g/mol. The molecule has 1 aliphatic heterocycles. The molecular weight excluding hydrogens is 675 g/mol. The first kappa shape index (κ1) is 29.6. The fourth-order valence-corrected chi connectivity index (χ4v) is 8.23. The molecule has 1 aromatic heterocycles. The molecule has 8 heteroatoms. The van der Waals surface area contributed by atoms with E-state index in [0.29, 0.717) is 31.9 Å². The molecule has 0 N–H and O–H groups in total. The van der Waals surface area contributed by atoms with Crippen LogP contribution in [-0.4, -0.2) is 11.7 Å². The van der Waals surface area contributed by atoms with Gasteiger partial charge in [-0.3, -0.25) is 9.36 Å². The Balaban J connectivity index is 1.20. The minimum absolute atomic E-state index is 0.139. The molecule has 0 radical (unpaired) electrons. The molecule has 2 aliphatic rings. The molecule has 0 saturated heterocycles. The van der Waals surface area contributed by atoms with Gasteiger partial charge in [-0.1, -0.05) is 90.2 Å². The second-order valence-corrected chi connectivity index (χ2v) is 13.5. The Hall–Kier alpha value is -4.79. The van der Waals surface area contributed by atoms with Crippen molar-refractivity contribution >= 4 is 49.8 Å². The second kappa shape index (κ2) is 12.1. The van der Waals surface area contributed by atoms with Crippen molar-refractivity contribution in [2.45, 2.75) is 25.5 Å². The van der Waals surface area contributed by atoms with E-state index in [2.05, 4.69) is 52.3 Å². The molecule has 0 saturated carbocycles. The zero-order valence-corrected chi connectivity index (χ0v) is 27.8. The second-order valence-electron chi connectivity index (χ2n) is 11.6. The number of hydrogen-bond donors (Lipinski definition) is 0. The van der Waals surface area contributed by atoms with Gasteiger partial charge in [-0.05, 0) is 97.7 Å². The highest BCUT2D eigenvalue weighted by Gasteiger charge is 2.32. The SMILES string of the molecule is COc1cc(/C=c2\sc3n(c2=O)C(c2ccc(F)cc2)C2=C(N=3)c3ccccc3CC2)cc(Br)c1OCc1cccc2ccccc12. The average molecular weight is 704 g/mol. The molecule has 47 heavy (non-hydrogen) atoms. The van der Waals surface area contributed by atoms with Crippen LogP contribution in [0.2, 0.25) is 0 Å². The molecule has 6 aromatic rings. The summed E-state index contributed by atoms with van der Waals surface area (Å²) in [5, 5.41) is 2.30. The van der Waals surface area contributed by atoms with Gasteiger partial charge in [-0.2, -0.15) is 0 Å². The zero-order chi connectivity index (χ0) is 32.1. The Morgan fingerprint density at radius 3 is 2.62 bits per heavy atom. The van der Waals surface area contributed by atoms with Crippen molar-refractivity contribution in [3.05, 3.63) is 166 Å². The summed E-state index contributed by atoms with van der Waals surface area (Å²) in [6.07, 6.45) is 3.49. The van der Waals surface area contributed by atoms with Crippen LogP contribution in [0.1, 0.15) is 40.3 Å². The zero-order valence-electron chi connectivity index (χ0n) is 25.4. The predicted octanol–water partition coefficient (Wildman–Crippen LogP) is 7.96. The molecule has 232 valence electrons. The predicted molar refractivity (Wildman–Crippen MR) is 188 cm³/mol. The third-order valence-electron chi connectivity index (χ3n) is 8.86. The quantitative estimate of drug-likeness (QED) is 0.177. The summed E-state index contributed by atoms with van der Waals surface area (Å²) in [7, 11) is 1.61. The molecule has 0 amide bonds. The van der Waals surface area contributed by atoms with Crippen LogP contribution in [-0.2, 0) is 13.0 Å². The minimum Gasteiger partial charge on any atom is -0.493 e. The Labute approximate surface area is 282 Å². The number of aromatic nitrogens is 1. The van der Waals surface area contributed by atoms with Crippen LogP contribution in [0.3, 0.4) is 0 Å². The van der Waals surface area contributed by atoms with E-state index in [1.54, 1.807) is 23.8 Å². The summed E-state index contributed by atoms with van der Waals surface area (Å²) in [4.78, 5) is 19.9. The van der Waals surface area contributed by atoms with Crippen LogP contribution >= 0.6 is 27.3 Å². The lowest BCUT2D eigenvalue weighted by molar-refractivity contribution is 0.283. The summed E-state index contributed by atoms with van der Waals surface area (Å²) in [6, 6.07) is 32.6. The van der Waals surface area contributed by atoms with E-state index in [9.17, 15) is 9.18 Å². The minimum atomic E-state index is -0.372. The number of ether oxygens (including phenoxy) is 2. The van der Waals surface area contributed by atoms with Crippen molar-refractivity contribution in [1.29, 1.82) is 0 Å². The molecule has 0 spiro atoms. The third kappa shape index (κ3) is 5.31. The van der Waals surface area contributed by atoms with Crippen LogP contribution in [0, 0.1) is 5.82 Å². The Morgan fingerprint density at radius 2 is 1.77 bits per heavy atom. The van der Waals surface area contributed by atoms with Crippen LogP contribution < -0.4 is 24.4 Å². The lowest BCUT2D eigenvalue weighted by Crippen LogP contribution is -2.38.